The van der Waals surface area contributed by atoms with Crippen molar-refractivity contribution >= 4 is 45.6 Å². The van der Waals surface area contributed by atoms with Crippen LogP contribution in [-0.4, -0.2) is 5.78 Å². The third-order valence-electron chi connectivity index (χ3n) is 4.90. The first-order valence-corrected chi connectivity index (χ1v) is 10.6. The molecular formula is C25H20ClNOS. The number of anilines is 1. The first-order valence-electron chi connectivity index (χ1n) is 9.39. The minimum atomic E-state index is -0.0611. The summed E-state index contributed by atoms with van der Waals surface area (Å²) in [6.07, 6.45) is 0.370. The van der Waals surface area contributed by atoms with Crippen LogP contribution >= 0.6 is 23.4 Å². The smallest absolute Gasteiger partial charge is 0.164 e. The van der Waals surface area contributed by atoms with Gasteiger partial charge in [-0.2, -0.15) is 0 Å². The second-order valence-corrected chi connectivity index (χ2v) is 8.53. The fraction of sp³-hybridized carbons (Fsp3) is 0.0800. The third-order valence-corrected chi connectivity index (χ3v) is 6.48. The number of nitrogen functional groups attached to an aromatic ring is 1. The summed E-state index contributed by atoms with van der Waals surface area (Å²) in [7, 11) is 0. The molecule has 0 bridgehead atoms. The van der Waals surface area contributed by atoms with Crippen LogP contribution in [0.1, 0.15) is 27.6 Å². The number of Topliss-reactive ketones (excluding diaryl/α,β-unsaturated/α-hetero) is 1. The van der Waals surface area contributed by atoms with Gasteiger partial charge < -0.3 is 5.73 Å². The summed E-state index contributed by atoms with van der Waals surface area (Å²) in [6.45, 7) is 0. The van der Waals surface area contributed by atoms with Crippen molar-refractivity contribution in [3.8, 4) is 0 Å². The van der Waals surface area contributed by atoms with Crippen LogP contribution in [0.3, 0.4) is 0 Å². The number of ketones is 1. The van der Waals surface area contributed by atoms with E-state index in [1.54, 1.807) is 36.0 Å². The summed E-state index contributed by atoms with van der Waals surface area (Å²) in [5, 5.41) is 2.88. The lowest BCUT2D eigenvalue weighted by molar-refractivity contribution is 0.0982. The van der Waals surface area contributed by atoms with E-state index in [4.69, 9.17) is 17.3 Å². The Balaban J connectivity index is 1.73. The van der Waals surface area contributed by atoms with E-state index in [0.29, 0.717) is 17.0 Å². The second kappa shape index (κ2) is 8.73. The fourth-order valence-electron chi connectivity index (χ4n) is 3.41. The van der Waals surface area contributed by atoms with Crippen LogP contribution in [-0.2, 0) is 0 Å². The van der Waals surface area contributed by atoms with E-state index in [2.05, 4.69) is 24.3 Å². The second-order valence-electron chi connectivity index (χ2n) is 6.85. The first kappa shape index (κ1) is 19.6. The van der Waals surface area contributed by atoms with Crippen molar-refractivity contribution in [2.24, 2.45) is 0 Å². The summed E-state index contributed by atoms with van der Waals surface area (Å²) in [5.74, 6) is 0.0848. The van der Waals surface area contributed by atoms with Crippen molar-refractivity contribution < 1.29 is 4.79 Å². The zero-order valence-electron chi connectivity index (χ0n) is 15.7. The SMILES string of the molecule is Nc1ccccc1SC(CC(=O)c1ccc(Cl)cc1)c1cccc2ccccc12. The molecule has 0 aliphatic rings. The Morgan fingerprint density at radius 2 is 1.55 bits per heavy atom. The Morgan fingerprint density at radius 3 is 2.34 bits per heavy atom. The van der Waals surface area contributed by atoms with Gasteiger partial charge in [0.1, 0.15) is 0 Å². The fourth-order valence-corrected chi connectivity index (χ4v) is 4.77. The van der Waals surface area contributed by atoms with E-state index in [9.17, 15) is 4.79 Å². The minimum absolute atomic E-state index is 0.0611. The van der Waals surface area contributed by atoms with Crippen LogP contribution < -0.4 is 5.73 Å². The van der Waals surface area contributed by atoms with Crippen molar-refractivity contribution in [2.75, 3.05) is 5.73 Å². The van der Waals surface area contributed by atoms with Crippen LogP contribution in [0, 0.1) is 0 Å². The van der Waals surface area contributed by atoms with Crippen LogP contribution in [0.5, 0.6) is 0 Å². The van der Waals surface area contributed by atoms with Crippen molar-refractivity contribution in [1.29, 1.82) is 0 Å². The van der Waals surface area contributed by atoms with Gasteiger partial charge in [0.25, 0.3) is 0 Å². The number of benzene rings is 4. The zero-order chi connectivity index (χ0) is 20.2. The molecule has 0 aliphatic carbocycles. The number of carbonyl (C=O) groups is 1. The number of hydrogen-bond donors (Lipinski definition) is 1. The number of nitrogens with two attached hydrogens (primary N) is 1. The summed E-state index contributed by atoms with van der Waals surface area (Å²) >= 11 is 7.62. The summed E-state index contributed by atoms with van der Waals surface area (Å²) < 4.78 is 0. The average Bonchev–Trinajstić information content (AvgIpc) is 2.75. The molecule has 0 saturated heterocycles. The molecule has 4 aromatic rings. The van der Waals surface area contributed by atoms with Gasteiger partial charge >= 0.3 is 0 Å². The highest BCUT2D eigenvalue weighted by molar-refractivity contribution is 7.99. The summed E-state index contributed by atoms with van der Waals surface area (Å²) in [5.41, 5.74) is 8.73. The maximum absolute atomic E-state index is 13.1. The van der Waals surface area contributed by atoms with E-state index in [0.717, 1.165) is 26.9 Å². The lowest BCUT2D eigenvalue weighted by Crippen LogP contribution is -2.06. The molecule has 0 saturated carbocycles. The predicted octanol–water partition coefficient (Wildman–Crippen LogP) is 7.18. The highest BCUT2D eigenvalue weighted by Gasteiger charge is 2.21. The van der Waals surface area contributed by atoms with Crippen molar-refractivity contribution in [3.63, 3.8) is 0 Å². The molecule has 29 heavy (non-hydrogen) atoms. The molecule has 0 amide bonds. The third kappa shape index (κ3) is 4.47. The summed E-state index contributed by atoms with van der Waals surface area (Å²) in [4.78, 5) is 14.0. The van der Waals surface area contributed by atoms with Gasteiger partial charge in [0.15, 0.2) is 5.78 Å². The predicted molar refractivity (Wildman–Crippen MR) is 124 cm³/mol. The van der Waals surface area contributed by atoms with E-state index in [1.165, 1.54) is 0 Å². The molecule has 0 radical (unpaired) electrons. The van der Waals surface area contributed by atoms with E-state index in [1.807, 2.05) is 42.5 Å². The number of halogens is 1. The Bertz CT molecular complexity index is 1150. The molecule has 0 heterocycles. The van der Waals surface area contributed by atoms with Gasteiger partial charge in [-0.15, -0.1) is 11.8 Å². The Kier molecular flexibility index (Phi) is 5.89. The van der Waals surface area contributed by atoms with Crippen LogP contribution in [0.2, 0.25) is 5.02 Å². The Hall–Kier alpha value is -2.75. The normalized spacial score (nSPS) is 12.0. The van der Waals surface area contributed by atoms with Gasteiger partial charge in [0, 0.05) is 32.8 Å². The molecule has 4 rings (SSSR count). The quantitative estimate of drug-likeness (QED) is 0.205. The highest BCUT2D eigenvalue weighted by atomic mass is 35.5. The molecule has 0 aliphatic heterocycles. The van der Waals surface area contributed by atoms with Gasteiger partial charge in [0.2, 0.25) is 0 Å². The molecule has 1 atom stereocenters. The van der Waals surface area contributed by atoms with Crippen molar-refractivity contribution in [2.45, 2.75) is 16.6 Å². The average molecular weight is 418 g/mol. The molecule has 4 heteroatoms. The van der Waals surface area contributed by atoms with Gasteiger partial charge in [-0.3, -0.25) is 4.79 Å². The molecular weight excluding hydrogens is 398 g/mol. The number of hydrogen-bond acceptors (Lipinski definition) is 3. The monoisotopic (exact) mass is 417 g/mol. The summed E-state index contributed by atoms with van der Waals surface area (Å²) in [6, 6.07) is 29.4. The molecule has 0 aromatic heterocycles. The topological polar surface area (TPSA) is 43.1 Å². The van der Waals surface area contributed by atoms with Gasteiger partial charge in [-0.1, -0.05) is 66.2 Å². The zero-order valence-corrected chi connectivity index (χ0v) is 17.3. The first-order chi connectivity index (χ1) is 14.1. The minimum Gasteiger partial charge on any atom is -0.398 e. The Labute approximate surface area is 179 Å². The molecule has 2 nitrogen and oxygen atoms in total. The van der Waals surface area contributed by atoms with Gasteiger partial charge in [0.05, 0.1) is 0 Å². The Morgan fingerprint density at radius 1 is 0.862 bits per heavy atom. The number of rotatable bonds is 6. The number of para-hydroxylation sites is 1. The van der Waals surface area contributed by atoms with Crippen LogP contribution in [0.25, 0.3) is 10.8 Å². The van der Waals surface area contributed by atoms with E-state index < -0.39 is 0 Å². The lowest BCUT2D eigenvalue weighted by atomic mass is 9.97. The molecule has 4 aromatic carbocycles. The molecule has 2 N–H and O–H groups in total. The molecule has 144 valence electrons. The maximum Gasteiger partial charge on any atom is 0.164 e. The van der Waals surface area contributed by atoms with Gasteiger partial charge in [-0.25, -0.2) is 0 Å². The van der Waals surface area contributed by atoms with Crippen LogP contribution in [0.4, 0.5) is 5.69 Å². The van der Waals surface area contributed by atoms with Gasteiger partial charge in [-0.05, 0) is 52.7 Å². The number of thioether (sulfide) groups is 1. The molecule has 0 fully saturated rings. The molecule has 1 unspecified atom stereocenters. The highest BCUT2D eigenvalue weighted by Crippen LogP contribution is 2.43. The maximum atomic E-state index is 13.1. The standard InChI is InChI=1S/C25H20ClNOS/c26-19-14-12-18(13-15-19)23(28)16-25(29-24-11-4-3-10-22(24)27)21-9-5-7-17-6-1-2-8-20(17)21/h1-15,25H,16,27H2. The number of fused-ring (bicyclic) bond motifs is 1. The van der Waals surface area contributed by atoms with E-state index >= 15 is 0 Å². The largest absolute Gasteiger partial charge is 0.398 e. The lowest BCUT2D eigenvalue weighted by Gasteiger charge is -2.19. The van der Waals surface area contributed by atoms with E-state index in [-0.39, 0.29) is 11.0 Å². The van der Waals surface area contributed by atoms with Crippen molar-refractivity contribution in [3.05, 3.63) is 107 Å². The van der Waals surface area contributed by atoms with Crippen LogP contribution in [0.15, 0.2) is 95.9 Å². The molecule has 0 spiro atoms. The number of carbonyl (C=O) groups excluding carboxylic acids is 1. The van der Waals surface area contributed by atoms with Crippen molar-refractivity contribution in [1.82, 2.24) is 0 Å².